The fraction of sp³-hybridized carbons (Fsp3) is 0.400. The number of benzene rings is 1. The Balaban J connectivity index is 1.48. The third-order valence-corrected chi connectivity index (χ3v) is 7.09. The molecule has 5 nitrogen and oxygen atoms in total. The monoisotopic (exact) mass is 401 g/mol. The maximum absolute atomic E-state index is 12.9. The van der Waals surface area contributed by atoms with E-state index in [-0.39, 0.29) is 35.5 Å². The molecule has 2 bridgehead atoms. The number of imide groups is 1. The first-order valence-corrected chi connectivity index (χ1v) is 10.6. The van der Waals surface area contributed by atoms with Crippen molar-refractivity contribution < 1.29 is 9.59 Å². The predicted molar refractivity (Wildman–Crippen MR) is 117 cm³/mol. The summed E-state index contributed by atoms with van der Waals surface area (Å²) in [6.45, 7) is 10.5. The Bertz CT molecular complexity index is 1100. The lowest BCUT2D eigenvalue weighted by atomic mass is 9.85. The van der Waals surface area contributed by atoms with Crippen LogP contribution in [0.3, 0.4) is 0 Å². The van der Waals surface area contributed by atoms with Crippen molar-refractivity contribution in [1.29, 1.82) is 0 Å². The van der Waals surface area contributed by atoms with E-state index in [2.05, 4.69) is 74.6 Å². The molecule has 0 N–H and O–H groups in total. The van der Waals surface area contributed by atoms with E-state index in [1.54, 1.807) is 6.21 Å². The number of hydrazone groups is 1. The van der Waals surface area contributed by atoms with Gasteiger partial charge in [-0.15, -0.1) is 0 Å². The topological polar surface area (TPSA) is 54.7 Å². The van der Waals surface area contributed by atoms with Crippen molar-refractivity contribution in [2.24, 2.45) is 28.8 Å². The standard InChI is InChI=1S/C25H27N3O2/c1-13-8-14(2)23(15(3)9-13)27-16(4)10-20(17(27)5)12-26-28-24(29)21-18-6-7-19(11-18)22(21)25(28)30/h6-10,12,18-19,21-22H,11H2,1-5H3. The van der Waals surface area contributed by atoms with E-state index in [9.17, 15) is 9.59 Å². The molecule has 1 saturated carbocycles. The molecule has 0 spiro atoms. The van der Waals surface area contributed by atoms with E-state index in [1.807, 2.05) is 0 Å². The molecule has 2 aliphatic carbocycles. The lowest BCUT2D eigenvalue weighted by Crippen LogP contribution is -2.28. The zero-order chi connectivity index (χ0) is 21.3. The third-order valence-electron chi connectivity index (χ3n) is 7.09. The van der Waals surface area contributed by atoms with Gasteiger partial charge in [0.2, 0.25) is 0 Å². The molecule has 2 heterocycles. The van der Waals surface area contributed by atoms with Crippen LogP contribution in [-0.2, 0) is 9.59 Å². The van der Waals surface area contributed by atoms with E-state index in [1.165, 1.54) is 22.4 Å². The Morgan fingerprint density at radius 2 is 1.47 bits per heavy atom. The minimum atomic E-state index is -0.213. The second-order valence-electron chi connectivity index (χ2n) is 9.14. The van der Waals surface area contributed by atoms with Gasteiger partial charge in [-0.05, 0) is 70.1 Å². The number of hydrogen-bond donors (Lipinski definition) is 0. The number of aromatic nitrogens is 1. The average molecular weight is 402 g/mol. The van der Waals surface area contributed by atoms with Gasteiger partial charge in [-0.1, -0.05) is 29.8 Å². The van der Waals surface area contributed by atoms with E-state index in [0.717, 1.165) is 28.4 Å². The van der Waals surface area contributed by atoms with Crippen LogP contribution in [0.25, 0.3) is 5.69 Å². The minimum Gasteiger partial charge on any atom is -0.317 e. The smallest absolute Gasteiger partial charge is 0.254 e. The summed E-state index contributed by atoms with van der Waals surface area (Å²) >= 11 is 0. The van der Waals surface area contributed by atoms with Gasteiger partial charge in [0.15, 0.2) is 0 Å². The van der Waals surface area contributed by atoms with E-state index in [4.69, 9.17) is 0 Å². The molecule has 5 rings (SSSR count). The molecule has 5 heteroatoms. The minimum absolute atomic E-state index is 0.142. The van der Waals surface area contributed by atoms with Gasteiger partial charge in [0.1, 0.15) is 0 Å². The summed E-state index contributed by atoms with van der Waals surface area (Å²) in [5, 5.41) is 5.49. The molecule has 4 atom stereocenters. The van der Waals surface area contributed by atoms with Crippen molar-refractivity contribution >= 4 is 18.0 Å². The van der Waals surface area contributed by atoms with Crippen LogP contribution < -0.4 is 0 Å². The Hall–Kier alpha value is -2.95. The summed E-state index contributed by atoms with van der Waals surface area (Å²) < 4.78 is 2.23. The second kappa shape index (κ2) is 6.53. The Morgan fingerprint density at radius 1 is 0.900 bits per heavy atom. The van der Waals surface area contributed by atoms with Crippen molar-refractivity contribution in [1.82, 2.24) is 9.58 Å². The fourth-order valence-electron chi connectivity index (χ4n) is 5.91. The lowest BCUT2D eigenvalue weighted by molar-refractivity contribution is -0.140. The molecule has 154 valence electrons. The van der Waals surface area contributed by atoms with Gasteiger partial charge in [-0.2, -0.15) is 10.1 Å². The van der Waals surface area contributed by atoms with Crippen LogP contribution in [0.4, 0.5) is 0 Å². The first-order chi connectivity index (χ1) is 14.3. The highest BCUT2D eigenvalue weighted by Crippen LogP contribution is 2.52. The maximum Gasteiger partial charge on any atom is 0.254 e. The molecule has 0 radical (unpaired) electrons. The largest absolute Gasteiger partial charge is 0.317 e. The zero-order valence-corrected chi connectivity index (χ0v) is 18.1. The number of rotatable bonds is 3. The van der Waals surface area contributed by atoms with Gasteiger partial charge in [0, 0.05) is 17.0 Å². The Morgan fingerprint density at radius 3 is 2.03 bits per heavy atom. The van der Waals surface area contributed by atoms with Gasteiger partial charge in [0.05, 0.1) is 23.7 Å². The zero-order valence-electron chi connectivity index (χ0n) is 18.1. The molecule has 1 saturated heterocycles. The van der Waals surface area contributed by atoms with Crippen molar-refractivity contribution in [2.45, 2.75) is 41.0 Å². The highest BCUT2D eigenvalue weighted by Gasteiger charge is 2.59. The number of amides is 2. The summed E-state index contributed by atoms with van der Waals surface area (Å²) in [4.78, 5) is 25.7. The lowest BCUT2D eigenvalue weighted by Gasteiger charge is -2.17. The fourth-order valence-corrected chi connectivity index (χ4v) is 5.91. The molecular formula is C25H27N3O2. The van der Waals surface area contributed by atoms with Crippen LogP contribution in [-0.4, -0.2) is 27.6 Å². The summed E-state index contributed by atoms with van der Waals surface area (Å²) in [7, 11) is 0. The highest BCUT2D eigenvalue weighted by molar-refractivity contribution is 6.06. The Kier molecular flexibility index (Phi) is 4.14. The van der Waals surface area contributed by atoms with Crippen LogP contribution in [0.2, 0.25) is 0 Å². The number of nitrogens with zero attached hydrogens (tertiary/aromatic N) is 3. The SMILES string of the molecule is Cc1cc(C)c(-n2c(C)cc(C=NN3C(=O)C4C5C=CC(C5)C4C3=O)c2C)c(C)c1. The van der Waals surface area contributed by atoms with Crippen molar-refractivity contribution in [3.8, 4) is 5.69 Å². The number of fused-ring (bicyclic) bond motifs is 5. The highest BCUT2D eigenvalue weighted by atomic mass is 16.2. The van der Waals surface area contributed by atoms with Crippen LogP contribution in [0.1, 0.15) is 40.1 Å². The van der Waals surface area contributed by atoms with Crippen molar-refractivity contribution in [3.05, 3.63) is 64.0 Å². The molecule has 4 unspecified atom stereocenters. The van der Waals surface area contributed by atoms with Gasteiger partial charge in [0.25, 0.3) is 11.8 Å². The first kappa shape index (κ1) is 19.0. The predicted octanol–water partition coefficient (Wildman–Crippen LogP) is 4.16. The van der Waals surface area contributed by atoms with E-state index in [0.29, 0.717) is 0 Å². The molecule has 2 aromatic rings. The second-order valence-corrected chi connectivity index (χ2v) is 9.14. The molecule has 2 fully saturated rings. The average Bonchev–Trinajstić information content (AvgIpc) is 3.40. The molecule has 30 heavy (non-hydrogen) atoms. The van der Waals surface area contributed by atoms with Crippen LogP contribution in [0.15, 0.2) is 35.5 Å². The van der Waals surface area contributed by atoms with Crippen LogP contribution in [0, 0.1) is 58.3 Å². The van der Waals surface area contributed by atoms with Crippen molar-refractivity contribution in [2.75, 3.05) is 0 Å². The van der Waals surface area contributed by atoms with Gasteiger partial charge in [-0.3, -0.25) is 9.59 Å². The van der Waals surface area contributed by atoms with E-state index < -0.39 is 0 Å². The number of carbonyl (C=O) groups is 2. The van der Waals surface area contributed by atoms with Gasteiger partial charge >= 0.3 is 0 Å². The molecule has 1 aromatic carbocycles. The van der Waals surface area contributed by atoms with Crippen LogP contribution >= 0.6 is 0 Å². The van der Waals surface area contributed by atoms with Crippen molar-refractivity contribution in [3.63, 3.8) is 0 Å². The number of carbonyl (C=O) groups excluding carboxylic acids is 2. The first-order valence-electron chi connectivity index (χ1n) is 10.6. The number of aryl methyl sites for hydroxylation is 4. The normalized spacial score (nSPS) is 27.2. The Labute approximate surface area is 177 Å². The number of allylic oxidation sites excluding steroid dienone is 2. The summed E-state index contributed by atoms with van der Waals surface area (Å²) in [5.41, 5.74) is 7.94. The number of hydrogen-bond acceptors (Lipinski definition) is 3. The molecule has 2 amide bonds. The van der Waals surface area contributed by atoms with E-state index >= 15 is 0 Å². The third kappa shape index (κ3) is 2.57. The maximum atomic E-state index is 12.9. The summed E-state index contributed by atoms with van der Waals surface area (Å²) in [6.07, 6.45) is 6.80. The van der Waals surface area contributed by atoms with Crippen LogP contribution in [0.5, 0.6) is 0 Å². The van der Waals surface area contributed by atoms with Gasteiger partial charge in [-0.25, -0.2) is 0 Å². The molecule has 1 aromatic heterocycles. The summed E-state index contributed by atoms with van der Waals surface area (Å²) in [6, 6.07) is 6.45. The summed E-state index contributed by atoms with van der Waals surface area (Å²) in [5.74, 6) is -0.303. The molecule has 1 aliphatic heterocycles. The molecular weight excluding hydrogens is 374 g/mol. The quantitative estimate of drug-likeness (QED) is 0.441. The molecule has 3 aliphatic rings. The van der Waals surface area contributed by atoms with Gasteiger partial charge < -0.3 is 4.57 Å².